The fourth-order valence-corrected chi connectivity index (χ4v) is 5.51. The Hall–Kier alpha value is -1.93. The van der Waals surface area contributed by atoms with E-state index in [4.69, 9.17) is 16.3 Å². The predicted octanol–water partition coefficient (Wildman–Crippen LogP) is 2.97. The highest BCUT2D eigenvalue weighted by atomic mass is 35.5. The van der Waals surface area contributed by atoms with E-state index in [2.05, 4.69) is 0 Å². The van der Waals surface area contributed by atoms with Gasteiger partial charge in [-0.1, -0.05) is 29.8 Å². The number of hydrogen-bond donors (Lipinski definition) is 1. The van der Waals surface area contributed by atoms with Crippen LogP contribution < -0.4 is 4.74 Å². The fraction of sp³-hybridized carbons (Fsp3) is 0.409. The van der Waals surface area contributed by atoms with E-state index < -0.39 is 15.9 Å². The molecule has 0 spiro atoms. The molecule has 0 saturated carbocycles. The maximum absolute atomic E-state index is 12.0. The first-order chi connectivity index (χ1) is 14.2. The molecular weight excluding hydrogens is 426 g/mol. The quantitative estimate of drug-likeness (QED) is 0.590. The maximum Gasteiger partial charge on any atom is 0.159 e. The van der Waals surface area contributed by atoms with Gasteiger partial charge in [0.2, 0.25) is 0 Å². The zero-order valence-electron chi connectivity index (χ0n) is 16.8. The Balaban J connectivity index is 1.64. The standard InChI is InChI=1S/C22H26ClNO5S/c1-16(25)17-6-8-21(9-7-17)29-14-20(26)13-24(19-10-11-30(27,28)15-19)12-18-4-2-3-5-22(18)23/h2-9,19-20,26H,10-15H2,1H3. The summed E-state index contributed by atoms with van der Waals surface area (Å²) in [5.74, 6) is 0.770. The number of aliphatic hydroxyl groups is 1. The summed E-state index contributed by atoms with van der Waals surface area (Å²) in [5, 5.41) is 11.2. The van der Waals surface area contributed by atoms with Crippen LogP contribution >= 0.6 is 11.6 Å². The first-order valence-electron chi connectivity index (χ1n) is 9.83. The molecule has 2 aromatic rings. The number of sulfone groups is 1. The number of benzene rings is 2. The van der Waals surface area contributed by atoms with Crippen LogP contribution in [0.2, 0.25) is 5.02 Å². The van der Waals surface area contributed by atoms with Gasteiger partial charge in [-0.15, -0.1) is 0 Å². The van der Waals surface area contributed by atoms with Crippen LogP contribution in [0, 0.1) is 0 Å². The van der Waals surface area contributed by atoms with E-state index in [1.807, 2.05) is 23.1 Å². The van der Waals surface area contributed by atoms with Crippen molar-refractivity contribution in [2.45, 2.75) is 32.0 Å². The molecule has 0 aromatic heterocycles. The fourth-order valence-electron chi connectivity index (χ4n) is 3.55. The smallest absolute Gasteiger partial charge is 0.159 e. The number of halogens is 1. The molecule has 2 aromatic carbocycles. The number of ketones is 1. The number of carbonyl (C=O) groups is 1. The zero-order valence-corrected chi connectivity index (χ0v) is 18.4. The van der Waals surface area contributed by atoms with Crippen LogP contribution in [0.3, 0.4) is 0 Å². The molecule has 2 atom stereocenters. The average Bonchev–Trinajstić information content (AvgIpc) is 3.07. The SMILES string of the molecule is CC(=O)c1ccc(OCC(O)CN(Cc2ccccc2Cl)C2CCS(=O)(=O)C2)cc1. The van der Waals surface area contributed by atoms with Crippen molar-refractivity contribution >= 4 is 27.2 Å². The third kappa shape index (κ3) is 6.28. The van der Waals surface area contributed by atoms with Crippen molar-refractivity contribution in [3.8, 4) is 5.75 Å². The lowest BCUT2D eigenvalue weighted by Crippen LogP contribution is -2.42. The molecule has 8 heteroatoms. The normalized spacial score (nSPS) is 19.0. The van der Waals surface area contributed by atoms with Crippen molar-refractivity contribution in [1.29, 1.82) is 0 Å². The van der Waals surface area contributed by atoms with Gasteiger partial charge in [-0.05, 0) is 49.2 Å². The first-order valence-corrected chi connectivity index (χ1v) is 12.0. The van der Waals surface area contributed by atoms with E-state index in [-0.39, 0.29) is 36.5 Å². The van der Waals surface area contributed by atoms with Gasteiger partial charge in [0, 0.05) is 29.7 Å². The molecular formula is C22H26ClNO5S. The molecule has 0 radical (unpaired) electrons. The summed E-state index contributed by atoms with van der Waals surface area (Å²) >= 11 is 6.29. The summed E-state index contributed by atoms with van der Waals surface area (Å²) in [5.41, 5.74) is 1.48. The Morgan fingerprint density at radius 3 is 2.53 bits per heavy atom. The number of hydrogen-bond acceptors (Lipinski definition) is 6. The molecule has 1 fully saturated rings. The largest absolute Gasteiger partial charge is 0.491 e. The highest BCUT2D eigenvalue weighted by Crippen LogP contribution is 2.23. The molecule has 1 aliphatic heterocycles. The molecule has 162 valence electrons. The molecule has 0 bridgehead atoms. The molecule has 6 nitrogen and oxygen atoms in total. The van der Waals surface area contributed by atoms with E-state index in [9.17, 15) is 18.3 Å². The van der Waals surface area contributed by atoms with Crippen LogP contribution in [0.4, 0.5) is 0 Å². The average molecular weight is 452 g/mol. The monoisotopic (exact) mass is 451 g/mol. The van der Waals surface area contributed by atoms with E-state index in [0.717, 1.165) is 5.56 Å². The Kier molecular flexibility index (Phi) is 7.52. The van der Waals surface area contributed by atoms with Gasteiger partial charge in [0.05, 0.1) is 11.5 Å². The first kappa shape index (κ1) is 22.7. The Morgan fingerprint density at radius 2 is 1.93 bits per heavy atom. The maximum atomic E-state index is 12.0. The molecule has 0 aliphatic carbocycles. The highest BCUT2D eigenvalue weighted by molar-refractivity contribution is 7.91. The second-order valence-electron chi connectivity index (χ2n) is 7.62. The Bertz CT molecular complexity index is 977. The molecule has 2 unspecified atom stereocenters. The van der Waals surface area contributed by atoms with Crippen LogP contribution in [0.5, 0.6) is 5.75 Å². The van der Waals surface area contributed by atoms with Crippen molar-refractivity contribution in [3.63, 3.8) is 0 Å². The van der Waals surface area contributed by atoms with E-state index in [1.165, 1.54) is 6.92 Å². The van der Waals surface area contributed by atoms with Crippen LogP contribution in [0.15, 0.2) is 48.5 Å². The summed E-state index contributed by atoms with van der Waals surface area (Å²) in [7, 11) is -3.06. The van der Waals surface area contributed by atoms with Crippen LogP contribution in [-0.2, 0) is 16.4 Å². The summed E-state index contributed by atoms with van der Waals surface area (Å²) in [4.78, 5) is 13.3. The molecule has 30 heavy (non-hydrogen) atoms. The number of aliphatic hydroxyl groups excluding tert-OH is 1. The molecule has 1 saturated heterocycles. The van der Waals surface area contributed by atoms with Crippen molar-refractivity contribution in [3.05, 3.63) is 64.7 Å². The van der Waals surface area contributed by atoms with Crippen LogP contribution in [-0.4, -0.2) is 61.0 Å². The minimum atomic E-state index is -3.06. The third-order valence-electron chi connectivity index (χ3n) is 5.20. The number of Topliss-reactive ketones (excluding diaryl/α,β-unsaturated/α-hetero) is 1. The number of nitrogens with zero attached hydrogens (tertiary/aromatic N) is 1. The van der Waals surface area contributed by atoms with Gasteiger partial charge in [-0.3, -0.25) is 9.69 Å². The van der Waals surface area contributed by atoms with Gasteiger partial charge < -0.3 is 9.84 Å². The lowest BCUT2D eigenvalue weighted by atomic mass is 10.1. The van der Waals surface area contributed by atoms with E-state index in [1.54, 1.807) is 30.3 Å². The number of rotatable bonds is 9. The number of carbonyl (C=O) groups excluding carboxylic acids is 1. The summed E-state index contributed by atoms with van der Waals surface area (Å²) in [6, 6.07) is 14.0. The summed E-state index contributed by atoms with van der Waals surface area (Å²) in [6.07, 6.45) is -0.282. The minimum Gasteiger partial charge on any atom is -0.491 e. The van der Waals surface area contributed by atoms with Gasteiger partial charge in [0.15, 0.2) is 15.6 Å². The van der Waals surface area contributed by atoms with E-state index in [0.29, 0.717) is 29.3 Å². The molecule has 1 aliphatic rings. The predicted molar refractivity (Wildman–Crippen MR) is 117 cm³/mol. The highest BCUT2D eigenvalue weighted by Gasteiger charge is 2.33. The summed E-state index contributed by atoms with van der Waals surface area (Å²) < 4.78 is 29.6. The third-order valence-corrected chi connectivity index (χ3v) is 7.32. The molecule has 1 N–H and O–H groups in total. The Labute approximate surface area is 182 Å². The number of ether oxygens (including phenoxy) is 1. The zero-order chi connectivity index (χ0) is 21.7. The summed E-state index contributed by atoms with van der Waals surface area (Å²) in [6.45, 7) is 2.26. The molecule has 0 amide bonds. The lowest BCUT2D eigenvalue weighted by Gasteiger charge is -2.30. The van der Waals surface area contributed by atoms with E-state index >= 15 is 0 Å². The van der Waals surface area contributed by atoms with Gasteiger partial charge in [-0.25, -0.2) is 8.42 Å². The van der Waals surface area contributed by atoms with Crippen molar-refractivity contribution in [2.24, 2.45) is 0 Å². The molecule has 3 rings (SSSR count). The minimum absolute atomic E-state index is 0.0247. The van der Waals surface area contributed by atoms with Gasteiger partial charge in [-0.2, -0.15) is 0 Å². The second kappa shape index (κ2) is 9.92. The molecule has 1 heterocycles. The lowest BCUT2D eigenvalue weighted by molar-refractivity contribution is 0.0525. The Morgan fingerprint density at radius 1 is 1.23 bits per heavy atom. The second-order valence-corrected chi connectivity index (χ2v) is 10.3. The topological polar surface area (TPSA) is 83.9 Å². The van der Waals surface area contributed by atoms with Crippen molar-refractivity contribution in [2.75, 3.05) is 24.7 Å². The van der Waals surface area contributed by atoms with Crippen molar-refractivity contribution in [1.82, 2.24) is 4.90 Å². The van der Waals surface area contributed by atoms with Gasteiger partial charge in [0.25, 0.3) is 0 Å². The van der Waals surface area contributed by atoms with Gasteiger partial charge in [0.1, 0.15) is 18.5 Å². The van der Waals surface area contributed by atoms with Gasteiger partial charge >= 0.3 is 0 Å². The van der Waals surface area contributed by atoms with Crippen LogP contribution in [0.25, 0.3) is 0 Å². The van der Waals surface area contributed by atoms with Crippen LogP contribution in [0.1, 0.15) is 29.3 Å². The van der Waals surface area contributed by atoms with Crippen molar-refractivity contribution < 1.29 is 23.1 Å².